The molecule has 1 aromatic carbocycles. The lowest BCUT2D eigenvalue weighted by molar-refractivity contribution is 0.354. The van der Waals surface area contributed by atoms with Crippen LogP contribution in [0.3, 0.4) is 0 Å². The number of ether oxygens (including phenoxy) is 2. The zero-order chi connectivity index (χ0) is 10.6. The molecule has 0 atom stereocenters. The second kappa shape index (κ2) is 6.93. The van der Waals surface area contributed by atoms with E-state index in [2.05, 4.69) is 21.2 Å². The highest BCUT2D eigenvalue weighted by Crippen LogP contribution is 2.33. The lowest BCUT2D eigenvalue weighted by Gasteiger charge is -2.11. The highest BCUT2D eigenvalue weighted by molar-refractivity contribution is 9.10. The maximum absolute atomic E-state index is 5.20. The Bertz CT molecular complexity index is 321. The minimum absolute atomic E-state index is 0. The van der Waals surface area contributed by atoms with Gasteiger partial charge in [0.2, 0.25) is 0 Å². The second-order valence-corrected chi connectivity index (χ2v) is 3.68. The fourth-order valence-corrected chi connectivity index (χ4v) is 1.68. The van der Waals surface area contributed by atoms with Crippen LogP contribution in [0.5, 0.6) is 11.5 Å². The zero-order valence-corrected chi connectivity index (χ0v) is 11.4. The van der Waals surface area contributed by atoms with Crippen LogP contribution in [0.1, 0.15) is 5.56 Å². The molecule has 15 heavy (non-hydrogen) atoms. The first-order chi connectivity index (χ1) is 6.72. The van der Waals surface area contributed by atoms with Crippen molar-refractivity contribution in [3.8, 4) is 11.5 Å². The summed E-state index contributed by atoms with van der Waals surface area (Å²) in [5.74, 6) is 1.49. The summed E-state index contributed by atoms with van der Waals surface area (Å²) in [6.07, 6.45) is 0. The number of hydrogen-bond donors (Lipinski definition) is 1. The molecule has 0 amide bonds. The van der Waals surface area contributed by atoms with E-state index in [1.165, 1.54) is 0 Å². The molecule has 0 saturated heterocycles. The Hall–Kier alpha value is -0.450. The van der Waals surface area contributed by atoms with Crippen molar-refractivity contribution in [3.63, 3.8) is 0 Å². The number of hydrogen-bond acceptors (Lipinski definition) is 3. The molecule has 86 valence electrons. The molecule has 0 aromatic heterocycles. The lowest BCUT2D eigenvalue weighted by atomic mass is 10.2. The van der Waals surface area contributed by atoms with E-state index in [1.807, 2.05) is 19.2 Å². The van der Waals surface area contributed by atoms with Crippen molar-refractivity contribution in [3.05, 3.63) is 22.2 Å². The van der Waals surface area contributed by atoms with Gasteiger partial charge in [0.15, 0.2) is 11.5 Å². The van der Waals surface area contributed by atoms with E-state index in [4.69, 9.17) is 9.47 Å². The highest BCUT2D eigenvalue weighted by atomic mass is 79.9. The molecule has 0 aliphatic heterocycles. The highest BCUT2D eigenvalue weighted by Gasteiger charge is 2.08. The summed E-state index contributed by atoms with van der Waals surface area (Å²) in [7, 11) is 5.17. The van der Waals surface area contributed by atoms with Crippen LogP contribution >= 0.6 is 28.3 Å². The van der Waals surface area contributed by atoms with E-state index in [0.29, 0.717) is 0 Å². The van der Waals surface area contributed by atoms with Gasteiger partial charge in [0, 0.05) is 11.0 Å². The van der Waals surface area contributed by atoms with Gasteiger partial charge in [-0.25, -0.2) is 0 Å². The van der Waals surface area contributed by atoms with Crippen LogP contribution in [0.25, 0.3) is 0 Å². The molecule has 1 N–H and O–H groups in total. The second-order valence-electron chi connectivity index (χ2n) is 2.83. The molecule has 3 nitrogen and oxygen atoms in total. The lowest BCUT2D eigenvalue weighted by Crippen LogP contribution is -2.06. The minimum atomic E-state index is 0. The van der Waals surface area contributed by atoms with Crippen LogP contribution in [0, 0.1) is 0 Å². The van der Waals surface area contributed by atoms with Crippen LogP contribution in [0.2, 0.25) is 0 Å². The molecule has 1 aromatic rings. The topological polar surface area (TPSA) is 30.5 Å². The molecule has 5 heteroatoms. The summed E-state index contributed by atoms with van der Waals surface area (Å²) in [4.78, 5) is 0. The molecule has 0 heterocycles. The van der Waals surface area contributed by atoms with E-state index in [1.54, 1.807) is 14.2 Å². The maximum Gasteiger partial charge on any atom is 0.161 e. The smallest absolute Gasteiger partial charge is 0.161 e. The van der Waals surface area contributed by atoms with Crippen molar-refractivity contribution >= 4 is 28.3 Å². The molecule has 0 unspecified atom stereocenters. The minimum Gasteiger partial charge on any atom is -0.493 e. The van der Waals surface area contributed by atoms with Gasteiger partial charge in [-0.2, -0.15) is 0 Å². The Morgan fingerprint density at radius 2 is 1.73 bits per heavy atom. The first kappa shape index (κ1) is 14.5. The standard InChI is InChI=1S/C10H14BrNO2.ClH/c1-12-6-7-4-9(13-2)10(14-3)5-8(7)11;/h4-5,12H,6H2,1-3H3;1H. The van der Waals surface area contributed by atoms with E-state index in [9.17, 15) is 0 Å². The van der Waals surface area contributed by atoms with E-state index < -0.39 is 0 Å². The third kappa shape index (κ3) is 3.55. The van der Waals surface area contributed by atoms with Crippen molar-refractivity contribution in [1.29, 1.82) is 0 Å². The van der Waals surface area contributed by atoms with Crippen LogP contribution in [0.15, 0.2) is 16.6 Å². The fraction of sp³-hybridized carbons (Fsp3) is 0.400. The predicted octanol–water partition coefficient (Wildman–Crippen LogP) is 2.61. The Balaban J connectivity index is 0.00000196. The van der Waals surface area contributed by atoms with E-state index in [0.717, 1.165) is 28.1 Å². The summed E-state index contributed by atoms with van der Waals surface area (Å²) in [6.45, 7) is 0.793. The van der Waals surface area contributed by atoms with Gasteiger partial charge >= 0.3 is 0 Å². The number of benzene rings is 1. The summed E-state index contributed by atoms with van der Waals surface area (Å²) < 4.78 is 11.4. The molecule has 0 fully saturated rings. The number of halogens is 2. The van der Waals surface area contributed by atoms with Gasteiger partial charge in [-0.05, 0) is 24.7 Å². The van der Waals surface area contributed by atoms with Crippen LogP contribution in [-0.2, 0) is 6.54 Å². The van der Waals surface area contributed by atoms with Crippen LogP contribution < -0.4 is 14.8 Å². The van der Waals surface area contributed by atoms with Gasteiger partial charge < -0.3 is 14.8 Å². The van der Waals surface area contributed by atoms with Crippen LogP contribution in [0.4, 0.5) is 0 Å². The summed E-state index contributed by atoms with van der Waals surface area (Å²) >= 11 is 3.48. The van der Waals surface area contributed by atoms with Gasteiger partial charge in [0.05, 0.1) is 14.2 Å². The third-order valence-electron chi connectivity index (χ3n) is 1.92. The Morgan fingerprint density at radius 1 is 1.20 bits per heavy atom. The first-order valence-corrected chi connectivity index (χ1v) is 5.07. The molecular formula is C10H15BrClNO2. The number of rotatable bonds is 4. The summed E-state index contributed by atoms with van der Waals surface area (Å²) in [6, 6.07) is 3.87. The van der Waals surface area contributed by atoms with Crippen molar-refractivity contribution in [1.82, 2.24) is 5.32 Å². The summed E-state index contributed by atoms with van der Waals surface area (Å²) in [5.41, 5.74) is 1.14. The Morgan fingerprint density at radius 3 is 2.20 bits per heavy atom. The van der Waals surface area contributed by atoms with Gasteiger partial charge in [-0.15, -0.1) is 12.4 Å². The molecule has 0 aliphatic carbocycles. The third-order valence-corrected chi connectivity index (χ3v) is 2.66. The molecule has 0 saturated carbocycles. The number of methoxy groups -OCH3 is 2. The van der Waals surface area contributed by atoms with Crippen molar-refractivity contribution < 1.29 is 9.47 Å². The largest absolute Gasteiger partial charge is 0.493 e. The van der Waals surface area contributed by atoms with Gasteiger partial charge in [0.1, 0.15) is 0 Å². The molecule has 0 bridgehead atoms. The predicted molar refractivity (Wildman–Crippen MR) is 67.3 cm³/mol. The zero-order valence-electron chi connectivity index (χ0n) is 8.96. The quantitative estimate of drug-likeness (QED) is 0.926. The maximum atomic E-state index is 5.20. The molecule has 0 radical (unpaired) electrons. The fourth-order valence-electron chi connectivity index (χ4n) is 1.22. The van der Waals surface area contributed by atoms with E-state index >= 15 is 0 Å². The Labute approximate surface area is 105 Å². The van der Waals surface area contributed by atoms with E-state index in [-0.39, 0.29) is 12.4 Å². The van der Waals surface area contributed by atoms with Gasteiger partial charge in [0.25, 0.3) is 0 Å². The average molecular weight is 297 g/mol. The summed E-state index contributed by atoms with van der Waals surface area (Å²) in [5, 5.41) is 3.09. The Kier molecular flexibility index (Phi) is 6.72. The first-order valence-electron chi connectivity index (χ1n) is 4.28. The molecular weight excluding hydrogens is 281 g/mol. The van der Waals surface area contributed by atoms with Crippen molar-refractivity contribution in [2.75, 3.05) is 21.3 Å². The monoisotopic (exact) mass is 295 g/mol. The molecule has 0 spiro atoms. The van der Waals surface area contributed by atoms with Crippen molar-refractivity contribution in [2.45, 2.75) is 6.54 Å². The normalized spacial score (nSPS) is 9.33. The van der Waals surface area contributed by atoms with Crippen LogP contribution in [-0.4, -0.2) is 21.3 Å². The van der Waals surface area contributed by atoms with Crippen molar-refractivity contribution in [2.24, 2.45) is 0 Å². The SMILES string of the molecule is CNCc1cc(OC)c(OC)cc1Br.Cl. The number of nitrogens with one attached hydrogen (secondary N) is 1. The molecule has 1 rings (SSSR count). The van der Waals surface area contributed by atoms with Gasteiger partial charge in [-0.1, -0.05) is 15.9 Å². The molecule has 0 aliphatic rings. The average Bonchev–Trinajstić information content (AvgIpc) is 2.20. The van der Waals surface area contributed by atoms with Gasteiger partial charge in [-0.3, -0.25) is 0 Å².